The molecule has 1 aliphatic heterocycles. The largest absolute Gasteiger partial charge is 0.497 e. The highest BCUT2D eigenvalue weighted by molar-refractivity contribution is 6.04. The van der Waals surface area contributed by atoms with Crippen LogP contribution in [-0.2, 0) is 9.53 Å². The number of ether oxygens (including phenoxy) is 2. The molecule has 0 radical (unpaired) electrons. The summed E-state index contributed by atoms with van der Waals surface area (Å²) in [6, 6.07) is 9.57. The van der Waals surface area contributed by atoms with E-state index in [4.69, 9.17) is 9.47 Å². The van der Waals surface area contributed by atoms with Gasteiger partial charge in [-0.2, -0.15) is 0 Å². The van der Waals surface area contributed by atoms with Crippen molar-refractivity contribution >= 4 is 17.7 Å². The second-order valence-corrected chi connectivity index (χ2v) is 6.29. The lowest BCUT2D eigenvalue weighted by atomic mass is 9.93. The molecule has 1 aromatic carbocycles. The highest BCUT2D eigenvalue weighted by Gasteiger charge is 2.34. The minimum atomic E-state index is -0.671. The van der Waals surface area contributed by atoms with Gasteiger partial charge in [0.1, 0.15) is 5.75 Å². The van der Waals surface area contributed by atoms with Crippen molar-refractivity contribution in [2.75, 3.05) is 7.11 Å². The first-order valence-corrected chi connectivity index (χ1v) is 8.56. The van der Waals surface area contributed by atoms with Gasteiger partial charge < -0.3 is 20.1 Å². The number of nitrogens with one attached hydrogen (secondary N) is 2. The van der Waals surface area contributed by atoms with E-state index in [-0.39, 0.29) is 6.10 Å². The zero-order valence-corrected chi connectivity index (χ0v) is 15.4. The molecule has 7 heteroatoms. The fraction of sp³-hybridized carbons (Fsp3) is 0.250. The molecule has 3 rings (SSSR count). The Morgan fingerprint density at radius 1 is 1.19 bits per heavy atom. The van der Waals surface area contributed by atoms with Crippen molar-refractivity contribution in [2.24, 2.45) is 0 Å². The number of carbonyl (C=O) groups excluding carboxylic acids is 2. The third kappa shape index (κ3) is 4.08. The third-order valence-electron chi connectivity index (χ3n) is 4.03. The Labute approximate surface area is 157 Å². The van der Waals surface area contributed by atoms with Gasteiger partial charge in [0, 0.05) is 12.4 Å². The van der Waals surface area contributed by atoms with Crippen molar-refractivity contribution in [1.82, 2.24) is 15.6 Å². The topological polar surface area (TPSA) is 89.6 Å². The zero-order valence-electron chi connectivity index (χ0n) is 15.4. The third-order valence-corrected chi connectivity index (χ3v) is 4.03. The molecule has 0 spiro atoms. The number of benzene rings is 1. The van der Waals surface area contributed by atoms with Gasteiger partial charge in [0.25, 0.3) is 0 Å². The van der Waals surface area contributed by atoms with E-state index in [1.54, 1.807) is 69.7 Å². The van der Waals surface area contributed by atoms with Crippen LogP contribution in [0.2, 0.25) is 0 Å². The molecule has 0 aliphatic carbocycles. The van der Waals surface area contributed by atoms with Crippen molar-refractivity contribution in [3.63, 3.8) is 0 Å². The molecule has 0 fully saturated rings. The van der Waals surface area contributed by atoms with Crippen LogP contribution in [0.1, 0.15) is 31.0 Å². The standard InChI is InChI=1S/C20H21N3O4/c1-12(2)27-19(24)16-17(13-6-8-15(26-3)9-7-13)22-20(25)23-18(16)14-5-4-10-21-11-14/h4-12,18H,1-3H3,(H2,22,23,25). The minimum absolute atomic E-state index is 0.297. The first-order valence-electron chi connectivity index (χ1n) is 8.56. The number of methoxy groups -OCH3 is 1. The fourth-order valence-corrected chi connectivity index (χ4v) is 2.84. The lowest BCUT2D eigenvalue weighted by Crippen LogP contribution is -2.45. The van der Waals surface area contributed by atoms with Gasteiger partial charge in [-0.3, -0.25) is 4.98 Å². The summed E-state index contributed by atoms with van der Waals surface area (Å²) < 4.78 is 10.6. The number of hydrogen-bond donors (Lipinski definition) is 2. The Morgan fingerprint density at radius 2 is 1.93 bits per heavy atom. The predicted octanol–water partition coefficient (Wildman–Crippen LogP) is 2.81. The molecule has 7 nitrogen and oxygen atoms in total. The molecule has 2 heterocycles. The van der Waals surface area contributed by atoms with Crippen molar-refractivity contribution in [2.45, 2.75) is 26.0 Å². The van der Waals surface area contributed by atoms with Gasteiger partial charge in [-0.15, -0.1) is 0 Å². The van der Waals surface area contributed by atoms with Gasteiger partial charge >= 0.3 is 12.0 Å². The Kier molecular flexibility index (Phi) is 5.40. The number of pyridine rings is 1. The van der Waals surface area contributed by atoms with Crippen LogP contribution in [0.15, 0.2) is 54.4 Å². The highest BCUT2D eigenvalue weighted by Crippen LogP contribution is 2.32. The van der Waals surface area contributed by atoms with Crippen LogP contribution in [0.5, 0.6) is 5.75 Å². The summed E-state index contributed by atoms with van der Waals surface area (Å²) in [7, 11) is 1.57. The van der Waals surface area contributed by atoms with E-state index < -0.39 is 18.0 Å². The van der Waals surface area contributed by atoms with Crippen LogP contribution in [0.4, 0.5) is 4.79 Å². The van der Waals surface area contributed by atoms with Crippen molar-refractivity contribution in [3.8, 4) is 5.75 Å². The van der Waals surface area contributed by atoms with E-state index in [2.05, 4.69) is 15.6 Å². The monoisotopic (exact) mass is 367 g/mol. The molecule has 1 unspecified atom stereocenters. The Hall–Kier alpha value is -3.35. The minimum Gasteiger partial charge on any atom is -0.497 e. The molecule has 27 heavy (non-hydrogen) atoms. The number of urea groups is 1. The SMILES string of the molecule is COc1ccc(C2=C(C(=O)OC(C)C)C(c3cccnc3)NC(=O)N2)cc1. The van der Waals surface area contributed by atoms with Crippen LogP contribution < -0.4 is 15.4 Å². The molecule has 1 atom stereocenters. The predicted molar refractivity (Wildman–Crippen MR) is 99.8 cm³/mol. The summed E-state index contributed by atoms with van der Waals surface area (Å²) >= 11 is 0. The van der Waals surface area contributed by atoms with E-state index >= 15 is 0 Å². The van der Waals surface area contributed by atoms with Crippen molar-refractivity contribution in [3.05, 3.63) is 65.5 Å². The number of aromatic nitrogens is 1. The molecule has 2 amide bonds. The van der Waals surface area contributed by atoms with E-state index in [1.807, 2.05) is 0 Å². The van der Waals surface area contributed by atoms with Crippen LogP contribution in [0, 0.1) is 0 Å². The van der Waals surface area contributed by atoms with Crippen molar-refractivity contribution in [1.29, 1.82) is 0 Å². The lowest BCUT2D eigenvalue weighted by Gasteiger charge is -2.29. The molecule has 0 bridgehead atoms. The number of carbonyl (C=O) groups is 2. The van der Waals surface area contributed by atoms with E-state index in [0.29, 0.717) is 28.1 Å². The molecule has 0 saturated carbocycles. The molecule has 2 aromatic rings. The normalized spacial score (nSPS) is 16.6. The second kappa shape index (κ2) is 7.90. The van der Waals surface area contributed by atoms with E-state index in [0.717, 1.165) is 0 Å². The Balaban J connectivity index is 2.14. The molecule has 2 N–H and O–H groups in total. The van der Waals surface area contributed by atoms with Crippen LogP contribution >= 0.6 is 0 Å². The van der Waals surface area contributed by atoms with E-state index in [9.17, 15) is 9.59 Å². The second-order valence-electron chi connectivity index (χ2n) is 6.29. The molecular formula is C20H21N3O4. The van der Waals surface area contributed by atoms with Crippen LogP contribution in [0.3, 0.4) is 0 Å². The Bertz CT molecular complexity index is 861. The average molecular weight is 367 g/mol. The maximum absolute atomic E-state index is 12.9. The summed E-state index contributed by atoms with van der Waals surface area (Å²) in [6.07, 6.45) is 2.95. The number of rotatable bonds is 5. The number of hydrogen-bond acceptors (Lipinski definition) is 5. The lowest BCUT2D eigenvalue weighted by molar-refractivity contribution is -0.143. The summed E-state index contributed by atoms with van der Waals surface area (Å²) in [5.74, 6) is 0.173. The summed E-state index contributed by atoms with van der Waals surface area (Å²) in [4.78, 5) is 29.3. The molecule has 0 saturated heterocycles. The van der Waals surface area contributed by atoms with Gasteiger partial charge in [0.05, 0.1) is 30.5 Å². The van der Waals surface area contributed by atoms with Gasteiger partial charge in [0.2, 0.25) is 0 Å². The molecular weight excluding hydrogens is 346 g/mol. The number of nitrogens with zero attached hydrogens (tertiary/aromatic N) is 1. The first-order chi connectivity index (χ1) is 13.0. The fourth-order valence-electron chi connectivity index (χ4n) is 2.84. The highest BCUT2D eigenvalue weighted by atomic mass is 16.5. The quantitative estimate of drug-likeness (QED) is 0.793. The van der Waals surface area contributed by atoms with E-state index in [1.165, 1.54) is 0 Å². The summed E-state index contributed by atoms with van der Waals surface area (Å²) in [5.41, 5.74) is 2.09. The first kappa shape index (κ1) is 18.4. The van der Waals surface area contributed by atoms with Crippen molar-refractivity contribution < 1.29 is 19.1 Å². The smallest absolute Gasteiger partial charge is 0.338 e. The number of amides is 2. The van der Waals surface area contributed by atoms with Gasteiger partial charge in [-0.1, -0.05) is 6.07 Å². The van der Waals surface area contributed by atoms with Crippen LogP contribution in [-0.4, -0.2) is 30.2 Å². The van der Waals surface area contributed by atoms with Gasteiger partial charge in [0.15, 0.2) is 0 Å². The molecule has 1 aliphatic rings. The Morgan fingerprint density at radius 3 is 2.52 bits per heavy atom. The summed E-state index contributed by atoms with van der Waals surface area (Å²) in [5, 5.41) is 5.53. The van der Waals surface area contributed by atoms with Gasteiger partial charge in [-0.05, 0) is 55.3 Å². The van der Waals surface area contributed by atoms with Gasteiger partial charge in [-0.25, -0.2) is 9.59 Å². The summed E-state index contributed by atoms with van der Waals surface area (Å²) in [6.45, 7) is 3.55. The maximum atomic E-state index is 12.9. The average Bonchev–Trinajstić information content (AvgIpc) is 2.67. The zero-order chi connectivity index (χ0) is 19.4. The van der Waals surface area contributed by atoms with Crippen LogP contribution in [0.25, 0.3) is 5.70 Å². The maximum Gasteiger partial charge on any atom is 0.338 e. The molecule has 140 valence electrons. The molecule has 1 aromatic heterocycles. The number of esters is 1.